The van der Waals surface area contributed by atoms with Crippen LogP contribution in [0, 0.1) is 13.8 Å². The van der Waals surface area contributed by atoms with Gasteiger partial charge in [-0.2, -0.15) is 0 Å². The maximum absolute atomic E-state index is 6.33. The number of nitrogens with two attached hydrogens (primary N) is 1. The molecule has 2 aromatic carbocycles. The van der Waals surface area contributed by atoms with Crippen molar-refractivity contribution in [3.8, 4) is 0 Å². The summed E-state index contributed by atoms with van der Waals surface area (Å²) in [5, 5.41) is 0.691. The van der Waals surface area contributed by atoms with Gasteiger partial charge in [0.05, 0.1) is 0 Å². The fraction of sp³-hybridized carbons (Fsp3) is 0.235. The molecule has 0 aliphatic carbocycles. The summed E-state index contributed by atoms with van der Waals surface area (Å²) in [6.45, 7) is 4.95. The van der Waals surface area contributed by atoms with E-state index < -0.39 is 0 Å². The minimum absolute atomic E-state index is 0.367. The van der Waals surface area contributed by atoms with E-state index in [1.54, 1.807) is 0 Å². The van der Waals surface area contributed by atoms with E-state index >= 15 is 0 Å². The molecule has 0 amide bonds. The van der Waals surface area contributed by atoms with Crippen LogP contribution < -0.4 is 10.6 Å². The Balaban J connectivity index is 2.23. The van der Waals surface area contributed by atoms with Crippen molar-refractivity contribution in [3.63, 3.8) is 0 Å². The van der Waals surface area contributed by atoms with Gasteiger partial charge in [0.1, 0.15) is 4.99 Å². The number of hydrogen-bond acceptors (Lipinski definition) is 2. The Morgan fingerprint density at radius 1 is 1.14 bits per heavy atom. The van der Waals surface area contributed by atoms with Gasteiger partial charge in [0.2, 0.25) is 0 Å². The molecular weight excluding hydrogens is 300 g/mol. The Morgan fingerprint density at radius 3 is 2.29 bits per heavy atom. The van der Waals surface area contributed by atoms with E-state index in [1.807, 2.05) is 18.2 Å². The van der Waals surface area contributed by atoms with Gasteiger partial charge in [0.15, 0.2) is 0 Å². The van der Waals surface area contributed by atoms with E-state index in [0.29, 0.717) is 10.0 Å². The zero-order valence-corrected chi connectivity index (χ0v) is 14.1. The number of nitrogens with zero attached hydrogens (tertiary/aromatic N) is 1. The average Bonchev–Trinajstić information content (AvgIpc) is 2.39. The quantitative estimate of drug-likeness (QED) is 0.855. The lowest BCUT2D eigenvalue weighted by molar-refractivity contribution is 0.921. The normalized spacial score (nSPS) is 10.5. The summed E-state index contributed by atoms with van der Waals surface area (Å²) in [4.78, 5) is 2.55. The molecule has 0 radical (unpaired) electrons. The molecule has 2 N–H and O–H groups in total. The van der Waals surface area contributed by atoms with Gasteiger partial charge in [-0.05, 0) is 48.7 Å². The molecule has 2 aromatic rings. The first-order chi connectivity index (χ1) is 9.86. The molecule has 0 saturated heterocycles. The third-order valence-corrected chi connectivity index (χ3v) is 3.98. The summed E-state index contributed by atoms with van der Waals surface area (Å²) in [5.41, 5.74) is 11.2. The van der Waals surface area contributed by atoms with E-state index in [4.69, 9.17) is 29.6 Å². The summed E-state index contributed by atoms with van der Waals surface area (Å²) in [7, 11) is 2.06. The van der Waals surface area contributed by atoms with Gasteiger partial charge in [-0.3, -0.25) is 0 Å². The van der Waals surface area contributed by atoms with Crippen molar-refractivity contribution in [3.05, 3.63) is 63.7 Å². The van der Waals surface area contributed by atoms with Crippen LogP contribution in [0.15, 0.2) is 36.4 Å². The fourth-order valence-electron chi connectivity index (χ4n) is 2.35. The van der Waals surface area contributed by atoms with Crippen LogP contribution in [0.25, 0.3) is 0 Å². The van der Waals surface area contributed by atoms with Gasteiger partial charge in [0.25, 0.3) is 0 Å². The van der Waals surface area contributed by atoms with Crippen LogP contribution in [0.4, 0.5) is 5.69 Å². The van der Waals surface area contributed by atoms with Crippen molar-refractivity contribution in [2.24, 2.45) is 5.73 Å². The predicted molar refractivity (Wildman–Crippen MR) is 95.4 cm³/mol. The van der Waals surface area contributed by atoms with Crippen LogP contribution in [-0.2, 0) is 6.54 Å². The molecule has 0 spiro atoms. The second-order valence-corrected chi connectivity index (χ2v) is 6.22. The number of halogens is 1. The predicted octanol–water partition coefficient (Wildman–Crippen LogP) is 4.23. The zero-order valence-electron chi connectivity index (χ0n) is 12.5. The topological polar surface area (TPSA) is 29.3 Å². The molecule has 0 fully saturated rings. The van der Waals surface area contributed by atoms with Gasteiger partial charge in [-0.15, -0.1) is 0 Å². The van der Waals surface area contributed by atoms with Gasteiger partial charge in [-0.1, -0.05) is 42.0 Å². The van der Waals surface area contributed by atoms with Crippen LogP contribution in [0.2, 0.25) is 5.02 Å². The number of hydrogen-bond donors (Lipinski definition) is 1. The molecule has 0 unspecified atom stereocenters. The largest absolute Gasteiger partial charge is 0.389 e. The van der Waals surface area contributed by atoms with Crippen molar-refractivity contribution in [2.45, 2.75) is 20.4 Å². The first-order valence-electron chi connectivity index (χ1n) is 6.74. The maximum atomic E-state index is 6.33. The molecular formula is C17H19ClN2S. The van der Waals surface area contributed by atoms with Gasteiger partial charge in [-0.25, -0.2) is 0 Å². The number of anilines is 1. The van der Waals surface area contributed by atoms with Crippen LogP contribution in [0.3, 0.4) is 0 Å². The number of rotatable bonds is 4. The third-order valence-electron chi connectivity index (χ3n) is 3.39. The lowest BCUT2D eigenvalue weighted by atomic mass is 10.1. The molecule has 0 aliphatic rings. The number of thiocarbonyl (C=S) groups is 1. The first kappa shape index (κ1) is 15.8. The van der Waals surface area contributed by atoms with Crippen molar-refractivity contribution in [1.82, 2.24) is 0 Å². The molecule has 110 valence electrons. The highest BCUT2D eigenvalue weighted by Gasteiger charge is 2.08. The molecule has 2 rings (SSSR count). The molecule has 0 saturated carbocycles. The molecule has 0 bridgehead atoms. The smallest absolute Gasteiger partial charge is 0.104 e. The molecule has 4 heteroatoms. The van der Waals surface area contributed by atoms with E-state index in [0.717, 1.165) is 17.7 Å². The van der Waals surface area contributed by atoms with E-state index in [9.17, 15) is 0 Å². The highest BCUT2D eigenvalue weighted by atomic mass is 35.5. The molecule has 0 atom stereocenters. The van der Waals surface area contributed by atoms with Gasteiger partial charge >= 0.3 is 0 Å². The number of benzene rings is 2. The lowest BCUT2D eigenvalue weighted by Crippen LogP contribution is -2.17. The Morgan fingerprint density at radius 2 is 1.76 bits per heavy atom. The summed E-state index contributed by atoms with van der Waals surface area (Å²) in [6, 6.07) is 12.2. The SMILES string of the molecule is Cc1cc(C)cc(N(C)Cc2ccc(C(N)=S)cc2Cl)c1. The maximum Gasteiger partial charge on any atom is 0.104 e. The van der Waals surface area contributed by atoms with Gasteiger partial charge in [0, 0.05) is 29.9 Å². The summed E-state index contributed by atoms with van der Waals surface area (Å²) in [5.74, 6) is 0. The Kier molecular flexibility index (Phi) is 4.86. The Hall–Kier alpha value is -1.58. The van der Waals surface area contributed by atoms with Crippen LogP contribution in [-0.4, -0.2) is 12.0 Å². The zero-order chi connectivity index (χ0) is 15.6. The second kappa shape index (κ2) is 6.46. The Labute approximate surface area is 136 Å². The average molecular weight is 319 g/mol. The van der Waals surface area contributed by atoms with E-state index in [2.05, 4.69) is 44.0 Å². The van der Waals surface area contributed by atoms with Crippen molar-refractivity contribution >= 4 is 34.5 Å². The first-order valence-corrected chi connectivity index (χ1v) is 7.53. The number of aryl methyl sites for hydroxylation is 2. The Bertz CT molecular complexity index is 662. The fourth-order valence-corrected chi connectivity index (χ4v) is 2.71. The molecule has 0 aliphatic heterocycles. The molecule has 21 heavy (non-hydrogen) atoms. The summed E-state index contributed by atoms with van der Waals surface area (Å²) < 4.78 is 0. The molecule has 2 nitrogen and oxygen atoms in total. The standard InChI is InChI=1S/C17H19ClN2S/c1-11-6-12(2)8-15(7-11)20(3)10-14-5-4-13(17(19)21)9-16(14)18/h4-9H,10H2,1-3H3,(H2,19,21). The van der Waals surface area contributed by atoms with Gasteiger partial charge < -0.3 is 10.6 Å². The second-order valence-electron chi connectivity index (χ2n) is 5.37. The summed E-state index contributed by atoms with van der Waals surface area (Å²) in [6.07, 6.45) is 0. The van der Waals surface area contributed by atoms with Crippen molar-refractivity contribution < 1.29 is 0 Å². The lowest BCUT2D eigenvalue weighted by Gasteiger charge is -2.21. The van der Waals surface area contributed by atoms with Crippen LogP contribution in [0.5, 0.6) is 0 Å². The highest BCUT2D eigenvalue weighted by molar-refractivity contribution is 7.80. The third kappa shape index (κ3) is 3.96. The van der Waals surface area contributed by atoms with Crippen LogP contribution in [0.1, 0.15) is 22.3 Å². The summed E-state index contributed by atoms with van der Waals surface area (Å²) >= 11 is 11.3. The highest BCUT2D eigenvalue weighted by Crippen LogP contribution is 2.23. The molecule has 0 heterocycles. The van der Waals surface area contributed by atoms with E-state index in [-0.39, 0.29) is 0 Å². The van der Waals surface area contributed by atoms with Crippen molar-refractivity contribution in [1.29, 1.82) is 0 Å². The van der Waals surface area contributed by atoms with E-state index in [1.165, 1.54) is 16.8 Å². The van der Waals surface area contributed by atoms with Crippen LogP contribution >= 0.6 is 23.8 Å². The van der Waals surface area contributed by atoms with Crippen molar-refractivity contribution in [2.75, 3.05) is 11.9 Å². The molecule has 0 aromatic heterocycles. The minimum Gasteiger partial charge on any atom is -0.389 e. The monoisotopic (exact) mass is 318 g/mol. The minimum atomic E-state index is 0.367.